The van der Waals surface area contributed by atoms with Crippen LogP contribution in [0.2, 0.25) is 0 Å². The van der Waals surface area contributed by atoms with E-state index < -0.39 is 0 Å². The van der Waals surface area contributed by atoms with Gasteiger partial charge in [-0.15, -0.1) is 11.3 Å². The van der Waals surface area contributed by atoms with Gasteiger partial charge >= 0.3 is 0 Å². The molecule has 0 aromatic carbocycles. The van der Waals surface area contributed by atoms with Crippen molar-refractivity contribution < 1.29 is 4.42 Å². The highest BCUT2D eigenvalue weighted by Gasteiger charge is 2.11. The highest BCUT2D eigenvalue weighted by Crippen LogP contribution is 2.28. The van der Waals surface area contributed by atoms with Crippen molar-refractivity contribution in [2.75, 3.05) is 0 Å². The maximum Gasteiger partial charge on any atom is 0.106 e. The zero-order chi connectivity index (χ0) is 11.5. The molecule has 0 radical (unpaired) electrons. The van der Waals surface area contributed by atoms with Crippen LogP contribution in [0, 0.1) is 0 Å². The Bertz CT molecular complexity index is 425. The van der Waals surface area contributed by atoms with Crippen LogP contribution in [0.15, 0.2) is 34.9 Å². The lowest BCUT2D eigenvalue weighted by Gasteiger charge is -2.06. The molecule has 2 heterocycles. The van der Waals surface area contributed by atoms with Crippen molar-refractivity contribution in [3.63, 3.8) is 0 Å². The van der Waals surface area contributed by atoms with Gasteiger partial charge in [-0.25, -0.2) is 0 Å². The highest BCUT2D eigenvalue weighted by atomic mass is 32.1. The van der Waals surface area contributed by atoms with Gasteiger partial charge in [-0.1, -0.05) is 20.8 Å². The highest BCUT2D eigenvalue weighted by molar-refractivity contribution is 7.12. The van der Waals surface area contributed by atoms with Crippen molar-refractivity contribution in [1.82, 2.24) is 0 Å². The lowest BCUT2D eigenvalue weighted by atomic mass is 10.0. The van der Waals surface area contributed by atoms with Gasteiger partial charge in [0.25, 0.3) is 0 Å². The van der Waals surface area contributed by atoms with Gasteiger partial charge < -0.3 is 4.42 Å². The van der Waals surface area contributed by atoms with Crippen molar-refractivity contribution in [1.29, 1.82) is 0 Å². The molecular formula is C14H18OS. The van der Waals surface area contributed by atoms with Crippen LogP contribution >= 0.6 is 11.3 Å². The van der Waals surface area contributed by atoms with Gasteiger partial charge in [0, 0.05) is 15.7 Å². The summed E-state index contributed by atoms with van der Waals surface area (Å²) in [7, 11) is 0. The summed E-state index contributed by atoms with van der Waals surface area (Å²) >= 11 is 1.92. The smallest absolute Gasteiger partial charge is 0.106 e. The molecule has 0 bridgehead atoms. The monoisotopic (exact) mass is 234 g/mol. The lowest BCUT2D eigenvalue weighted by Crippen LogP contribution is -1.94. The van der Waals surface area contributed by atoms with E-state index in [9.17, 15) is 0 Å². The van der Waals surface area contributed by atoms with E-state index in [0.29, 0.717) is 11.8 Å². The van der Waals surface area contributed by atoms with Gasteiger partial charge in [0.05, 0.1) is 6.26 Å². The standard InChI is InChI=1S/C14H18OS/c1-10(2)14-7-6-12(16-14)9-11(3)13-5-4-8-15-13/h4-8,10-11H,9H2,1-3H3. The Labute approximate surface area is 101 Å². The van der Waals surface area contributed by atoms with E-state index in [-0.39, 0.29) is 0 Å². The summed E-state index contributed by atoms with van der Waals surface area (Å²) in [4.78, 5) is 2.93. The van der Waals surface area contributed by atoms with Gasteiger partial charge in [-0.2, -0.15) is 0 Å². The van der Waals surface area contributed by atoms with Crippen molar-refractivity contribution in [2.45, 2.75) is 39.0 Å². The molecule has 2 rings (SSSR count). The average Bonchev–Trinajstić information content (AvgIpc) is 2.87. The van der Waals surface area contributed by atoms with Gasteiger partial charge in [0.2, 0.25) is 0 Å². The van der Waals surface area contributed by atoms with Crippen LogP contribution in [0.1, 0.15) is 48.1 Å². The van der Waals surface area contributed by atoms with Gasteiger partial charge in [0.15, 0.2) is 0 Å². The van der Waals surface area contributed by atoms with Gasteiger partial charge in [-0.3, -0.25) is 0 Å². The molecule has 86 valence electrons. The summed E-state index contributed by atoms with van der Waals surface area (Å²) in [6.07, 6.45) is 2.82. The van der Waals surface area contributed by atoms with E-state index in [1.807, 2.05) is 17.4 Å². The first-order valence-corrected chi connectivity index (χ1v) is 6.60. The number of rotatable bonds is 4. The fourth-order valence-corrected chi connectivity index (χ4v) is 2.93. The van der Waals surface area contributed by atoms with Crippen LogP contribution in [0.3, 0.4) is 0 Å². The average molecular weight is 234 g/mol. The van der Waals surface area contributed by atoms with E-state index in [4.69, 9.17) is 4.42 Å². The van der Waals surface area contributed by atoms with Crippen molar-refractivity contribution in [3.8, 4) is 0 Å². The lowest BCUT2D eigenvalue weighted by molar-refractivity contribution is 0.474. The number of hydrogen-bond donors (Lipinski definition) is 0. The zero-order valence-corrected chi connectivity index (χ0v) is 10.9. The summed E-state index contributed by atoms with van der Waals surface area (Å²) in [5.41, 5.74) is 0. The first-order chi connectivity index (χ1) is 7.66. The largest absolute Gasteiger partial charge is 0.469 e. The summed E-state index contributed by atoms with van der Waals surface area (Å²) in [6, 6.07) is 8.51. The number of thiophene rings is 1. The molecule has 0 saturated carbocycles. The Morgan fingerprint density at radius 2 is 2.00 bits per heavy atom. The third-order valence-electron chi connectivity index (χ3n) is 2.79. The predicted octanol–water partition coefficient (Wildman–Crippen LogP) is 4.81. The molecule has 0 aliphatic rings. The molecule has 16 heavy (non-hydrogen) atoms. The van der Waals surface area contributed by atoms with Crippen molar-refractivity contribution in [2.24, 2.45) is 0 Å². The minimum atomic E-state index is 0.466. The zero-order valence-electron chi connectivity index (χ0n) is 10.1. The van der Waals surface area contributed by atoms with Crippen LogP contribution in [0.4, 0.5) is 0 Å². The normalized spacial score (nSPS) is 13.2. The Balaban J connectivity index is 2.03. The summed E-state index contributed by atoms with van der Waals surface area (Å²) in [5.74, 6) is 2.19. The van der Waals surface area contributed by atoms with Crippen LogP contribution < -0.4 is 0 Å². The quantitative estimate of drug-likeness (QED) is 0.740. The molecule has 0 aliphatic carbocycles. The number of furan rings is 1. The fraction of sp³-hybridized carbons (Fsp3) is 0.429. The van der Waals surface area contributed by atoms with E-state index in [1.54, 1.807) is 6.26 Å². The first-order valence-electron chi connectivity index (χ1n) is 5.79. The molecule has 0 saturated heterocycles. The topological polar surface area (TPSA) is 13.1 Å². The third kappa shape index (κ3) is 2.56. The van der Waals surface area contributed by atoms with Crippen LogP contribution in [0.5, 0.6) is 0 Å². The van der Waals surface area contributed by atoms with E-state index >= 15 is 0 Å². The Hall–Kier alpha value is -1.02. The molecule has 2 aromatic heterocycles. The van der Waals surface area contributed by atoms with Gasteiger partial charge in [-0.05, 0) is 36.6 Å². The van der Waals surface area contributed by atoms with Crippen molar-refractivity contribution >= 4 is 11.3 Å². The molecule has 0 fully saturated rings. The summed E-state index contributed by atoms with van der Waals surface area (Å²) in [5, 5.41) is 0. The third-order valence-corrected chi connectivity index (χ3v) is 4.20. The molecule has 1 unspecified atom stereocenters. The van der Waals surface area contributed by atoms with Crippen LogP contribution in [-0.2, 0) is 6.42 Å². The second-order valence-corrected chi connectivity index (χ2v) is 5.78. The molecule has 0 amide bonds. The molecule has 1 nitrogen and oxygen atoms in total. The maximum absolute atomic E-state index is 5.43. The Kier molecular flexibility index (Phi) is 3.49. The summed E-state index contributed by atoms with van der Waals surface area (Å²) in [6.45, 7) is 6.70. The predicted molar refractivity (Wildman–Crippen MR) is 69.2 cm³/mol. The summed E-state index contributed by atoms with van der Waals surface area (Å²) < 4.78 is 5.43. The first kappa shape index (κ1) is 11.5. The molecule has 2 heteroatoms. The Morgan fingerprint density at radius 3 is 2.56 bits per heavy atom. The molecule has 0 spiro atoms. The second-order valence-electron chi connectivity index (χ2n) is 4.58. The molecule has 1 atom stereocenters. The van der Waals surface area contributed by atoms with Gasteiger partial charge in [0.1, 0.15) is 5.76 Å². The van der Waals surface area contributed by atoms with Crippen molar-refractivity contribution in [3.05, 3.63) is 46.0 Å². The maximum atomic E-state index is 5.43. The number of hydrogen-bond acceptors (Lipinski definition) is 2. The Morgan fingerprint density at radius 1 is 1.19 bits per heavy atom. The minimum absolute atomic E-state index is 0.466. The molecule has 2 aromatic rings. The van der Waals surface area contributed by atoms with Crippen LogP contribution in [-0.4, -0.2) is 0 Å². The SMILES string of the molecule is CC(C)c1ccc(CC(C)c2ccco2)s1. The molecule has 0 aliphatic heterocycles. The molecule has 0 N–H and O–H groups in total. The fourth-order valence-electron chi connectivity index (χ4n) is 1.79. The van der Waals surface area contributed by atoms with Crippen LogP contribution in [0.25, 0.3) is 0 Å². The van der Waals surface area contributed by atoms with E-state index in [2.05, 4.69) is 39.0 Å². The second kappa shape index (κ2) is 4.88. The molecular weight excluding hydrogens is 216 g/mol. The van der Waals surface area contributed by atoms with E-state index in [1.165, 1.54) is 9.75 Å². The minimum Gasteiger partial charge on any atom is -0.469 e. The van der Waals surface area contributed by atoms with E-state index in [0.717, 1.165) is 12.2 Å².